The van der Waals surface area contributed by atoms with Crippen LogP contribution in [-0.4, -0.2) is 10.5 Å². The summed E-state index contributed by atoms with van der Waals surface area (Å²) in [5.41, 5.74) is 2.20. The molecule has 0 aliphatic rings. The first-order valence-electron chi connectivity index (χ1n) is 6.99. The molecule has 21 heavy (non-hydrogen) atoms. The van der Waals surface area contributed by atoms with Crippen molar-refractivity contribution in [2.24, 2.45) is 0 Å². The highest BCUT2D eigenvalue weighted by atomic mass is 35.5. The van der Waals surface area contributed by atoms with E-state index >= 15 is 0 Å². The Bertz CT molecular complexity index is 579. The van der Waals surface area contributed by atoms with Gasteiger partial charge < -0.3 is 10.1 Å². The number of nitrogens with zero attached hydrogens (tertiary/aromatic N) is 1. The first kappa shape index (κ1) is 15.8. The molecule has 0 aliphatic carbocycles. The molecule has 3 nitrogen and oxygen atoms in total. The molecule has 2 rings (SSSR count). The molecule has 0 aliphatic heterocycles. The number of pyridine rings is 1. The van der Waals surface area contributed by atoms with Gasteiger partial charge >= 0.3 is 0 Å². The van der Waals surface area contributed by atoms with E-state index in [2.05, 4.69) is 31.1 Å². The van der Waals surface area contributed by atoms with E-state index in [9.17, 15) is 0 Å². The van der Waals surface area contributed by atoms with Gasteiger partial charge in [0.1, 0.15) is 12.4 Å². The summed E-state index contributed by atoms with van der Waals surface area (Å²) < 4.78 is 5.92. The first-order valence-corrected chi connectivity index (χ1v) is 7.37. The third-order valence-corrected chi connectivity index (χ3v) is 3.21. The molecule has 1 heterocycles. The summed E-state index contributed by atoms with van der Waals surface area (Å²) in [7, 11) is 0. The van der Waals surface area contributed by atoms with E-state index in [0.717, 1.165) is 28.4 Å². The highest BCUT2D eigenvalue weighted by Gasteiger charge is 2.11. The van der Waals surface area contributed by atoms with Gasteiger partial charge in [0, 0.05) is 35.1 Å². The summed E-state index contributed by atoms with van der Waals surface area (Å²) in [6.45, 7) is 7.64. The van der Waals surface area contributed by atoms with Gasteiger partial charge in [0.15, 0.2) is 0 Å². The Morgan fingerprint density at radius 3 is 2.52 bits per heavy atom. The monoisotopic (exact) mass is 304 g/mol. The van der Waals surface area contributed by atoms with Gasteiger partial charge in [-0.25, -0.2) is 0 Å². The van der Waals surface area contributed by atoms with Gasteiger partial charge in [-0.05, 0) is 56.7 Å². The molecule has 0 spiro atoms. The highest BCUT2D eigenvalue weighted by Crippen LogP contribution is 2.24. The summed E-state index contributed by atoms with van der Waals surface area (Å²) in [6.07, 6.45) is 3.53. The molecular weight excluding hydrogens is 284 g/mol. The molecule has 0 bridgehead atoms. The fraction of sp³-hybridized carbons (Fsp3) is 0.353. The molecular formula is C17H21ClN2O. The summed E-state index contributed by atoms with van der Waals surface area (Å²) in [5.74, 6) is 0.855. The minimum Gasteiger partial charge on any atom is -0.489 e. The minimum atomic E-state index is 0.0463. The van der Waals surface area contributed by atoms with E-state index in [-0.39, 0.29) is 5.54 Å². The second-order valence-electron chi connectivity index (χ2n) is 6.00. The molecule has 0 radical (unpaired) electrons. The van der Waals surface area contributed by atoms with Crippen LogP contribution in [0.1, 0.15) is 31.9 Å². The van der Waals surface area contributed by atoms with E-state index < -0.39 is 0 Å². The Morgan fingerprint density at radius 2 is 1.86 bits per heavy atom. The standard InChI is InChI=1S/C17H21ClN2O/c1-17(2,3)20-11-14-10-15(18)4-5-16(14)21-12-13-6-8-19-9-7-13/h4-10,20H,11-12H2,1-3H3. The second-order valence-corrected chi connectivity index (χ2v) is 6.44. The summed E-state index contributed by atoms with van der Waals surface area (Å²) >= 11 is 6.09. The number of hydrogen-bond acceptors (Lipinski definition) is 3. The van der Waals surface area contributed by atoms with Crippen LogP contribution in [0.5, 0.6) is 5.75 Å². The fourth-order valence-corrected chi connectivity index (χ4v) is 2.02. The lowest BCUT2D eigenvalue weighted by Gasteiger charge is -2.22. The summed E-state index contributed by atoms with van der Waals surface area (Å²) in [5, 5.41) is 4.17. The Labute approximate surface area is 131 Å². The lowest BCUT2D eigenvalue weighted by molar-refractivity contribution is 0.300. The predicted molar refractivity (Wildman–Crippen MR) is 86.6 cm³/mol. The predicted octanol–water partition coefficient (Wildman–Crippen LogP) is 4.20. The van der Waals surface area contributed by atoms with E-state index in [0.29, 0.717) is 6.61 Å². The number of rotatable bonds is 5. The van der Waals surface area contributed by atoms with Gasteiger partial charge in [-0.2, -0.15) is 0 Å². The molecule has 112 valence electrons. The van der Waals surface area contributed by atoms with E-state index in [4.69, 9.17) is 16.3 Å². The van der Waals surface area contributed by atoms with Gasteiger partial charge in [-0.1, -0.05) is 11.6 Å². The zero-order valence-electron chi connectivity index (χ0n) is 12.7. The number of aromatic nitrogens is 1. The van der Waals surface area contributed by atoms with E-state index in [1.54, 1.807) is 12.4 Å². The van der Waals surface area contributed by atoms with Gasteiger partial charge in [-0.3, -0.25) is 4.98 Å². The maximum atomic E-state index is 6.09. The number of halogens is 1. The Morgan fingerprint density at radius 1 is 1.14 bits per heavy atom. The van der Waals surface area contributed by atoms with Gasteiger partial charge in [0.2, 0.25) is 0 Å². The fourth-order valence-electron chi connectivity index (χ4n) is 1.83. The SMILES string of the molecule is CC(C)(C)NCc1cc(Cl)ccc1OCc1ccncc1. The molecule has 1 aromatic heterocycles. The number of ether oxygens (including phenoxy) is 1. The molecule has 0 saturated carbocycles. The smallest absolute Gasteiger partial charge is 0.124 e. The third-order valence-electron chi connectivity index (χ3n) is 2.98. The zero-order chi connectivity index (χ0) is 15.3. The molecule has 0 saturated heterocycles. The lowest BCUT2D eigenvalue weighted by Crippen LogP contribution is -2.35. The van der Waals surface area contributed by atoms with Crippen molar-refractivity contribution in [1.82, 2.24) is 10.3 Å². The minimum absolute atomic E-state index is 0.0463. The Balaban J connectivity index is 2.07. The van der Waals surface area contributed by atoms with E-state index in [1.807, 2.05) is 30.3 Å². The number of hydrogen-bond donors (Lipinski definition) is 1. The van der Waals surface area contributed by atoms with Crippen molar-refractivity contribution in [3.63, 3.8) is 0 Å². The van der Waals surface area contributed by atoms with Crippen molar-refractivity contribution < 1.29 is 4.74 Å². The van der Waals surface area contributed by atoms with Crippen LogP contribution >= 0.6 is 11.6 Å². The van der Waals surface area contributed by atoms with Gasteiger partial charge in [0.05, 0.1) is 0 Å². The largest absolute Gasteiger partial charge is 0.489 e. The van der Waals surface area contributed by atoms with Crippen molar-refractivity contribution in [3.05, 3.63) is 58.9 Å². The highest BCUT2D eigenvalue weighted by molar-refractivity contribution is 6.30. The van der Waals surface area contributed by atoms with Crippen LogP contribution < -0.4 is 10.1 Å². The summed E-state index contributed by atoms with van der Waals surface area (Å²) in [6, 6.07) is 9.61. The molecule has 0 fully saturated rings. The Hall–Kier alpha value is -1.58. The van der Waals surface area contributed by atoms with Crippen LogP contribution in [0.15, 0.2) is 42.7 Å². The average Bonchev–Trinajstić information content (AvgIpc) is 2.44. The maximum Gasteiger partial charge on any atom is 0.124 e. The van der Waals surface area contributed by atoms with E-state index in [1.165, 1.54) is 0 Å². The van der Waals surface area contributed by atoms with Crippen LogP contribution in [0, 0.1) is 0 Å². The third kappa shape index (κ3) is 5.37. The quantitative estimate of drug-likeness (QED) is 0.899. The molecule has 2 aromatic rings. The van der Waals surface area contributed by atoms with Crippen molar-refractivity contribution in [3.8, 4) is 5.75 Å². The first-order chi connectivity index (χ1) is 9.94. The van der Waals surface area contributed by atoms with Crippen molar-refractivity contribution in [1.29, 1.82) is 0 Å². The number of benzene rings is 1. The lowest BCUT2D eigenvalue weighted by atomic mass is 10.1. The topological polar surface area (TPSA) is 34.1 Å². The van der Waals surface area contributed by atoms with Crippen molar-refractivity contribution in [2.75, 3.05) is 0 Å². The molecule has 1 aromatic carbocycles. The van der Waals surface area contributed by atoms with Crippen LogP contribution in [0.25, 0.3) is 0 Å². The maximum absolute atomic E-state index is 6.09. The van der Waals surface area contributed by atoms with Crippen LogP contribution in [0.4, 0.5) is 0 Å². The van der Waals surface area contributed by atoms with Gasteiger partial charge in [-0.15, -0.1) is 0 Å². The Kier molecular flexibility index (Phi) is 5.21. The zero-order valence-corrected chi connectivity index (χ0v) is 13.4. The normalized spacial score (nSPS) is 11.4. The summed E-state index contributed by atoms with van der Waals surface area (Å²) in [4.78, 5) is 4.00. The van der Waals surface area contributed by atoms with Crippen molar-refractivity contribution >= 4 is 11.6 Å². The molecule has 1 N–H and O–H groups in total. The average molecular weight is 305 g/mol. The molecule has 0 atom stereocenters. The van der Waals surface area contributed by atoms with Gasteiger partial charge in [0.25, 0.3) is 0 Å². The number of nitrogens with one attached hydrogen (secondary N) is 1. The van der Waals surface area contributed by atoms with Crippen LogP contribution in [0.2, 0.25) is 5.02 Å². The molecule has 0 amide bonds. The second kappa shape index (κ2) is 6.92. The van der Waals surface area contributed by atoms with Crippen LogP contribution in [-0.2, 0) is 13.2 Å². The van der Waals surface area contributed by atoms with Crippen LogP contribution in [0.3, 0.4) is 0 Å². The van der Waals surface area contributed by atoms with Crippen molar-refractivity contribution in [2.45, 2.75) is 39.5 Å². The molecule has 0 unspecified atom stereocenters. The molecule has 4 heteroatoms.